The van der Waals surface area contributed by atoms with Crippen molar-refractivity contribution in [3.8, 4) is 11.5 Å². The number of anilines is 1. The highest BCUT2D eigenvalue weighted by Gasteiger charge is 2.33. The van der Waals surface area contributed by atoms with Gasteiger partial charge in [0.25, 0.3) is 5.91 Å². The summed E-state index contributed by atoms with van der Waals surface area (Å²) in [5, 5.41) is 0. The number of ether oxygens (including phenoxy) is 2. The molecule has 0 bridgehead atoms. The molecule has 2 aromatic rings. The van der Waals surface area contributed by atoms with Crippen LogP contribution >= 0.6 is 24.0 Å². The fraction of sp³-hybridized carbons (Fsp3) is 0.273. The summed E-state index contributed by atoms with van der Waals surface area (Å²) >= 11 is 6.76. The Morgan fingerprint density at radius 3 is 2.54 bits per heavy atom. The Balaban J connectivity index is 1.85. The number of para-hydroxylation sites is 1. The van der Waals surface area contributed by atoms with Crippen LogP contribution in [0, 0.1) is 0 Å². The monoisotopic (exact) mass is 413 g/mol. The van der Waals surface area contributed by atoms with E-state index >= 15 is 0 Å². The number of amides is 1. The quantitative estimate of drug-likeness (QED) is 0.432. The van der Waals surface area contributed by atoms with E-state index in [9.17, 15) is 4.79 Å². The second-order valence-corrected chi connectivity index (χ2v) is 7.99. The van der Waals surface area contributed by atoms with Gasteiger partial charge in [-0.1, -0.05) is 49.1 Å². The van der Waals surface area contributed by atoms with Crippen molar-refractivity contribution in [2.75, 3.05) is 11.5 Å². The number of thiocarbonyl (C=S) groups is 1. The van der Waals surface area contributed by atoms with Crippen molar-refractivity contribution in [1.82, 2.24) is 0 Å². The van der Waals surface area contributed by atoms with Crippen LogP contribution in [0.15, 0.2) is 53.4 Å². The predicted molar refractivity (Wildman–Crippen MR) is 120 cm³/mol. The number of benzene rings is 2. The molecular weight excluding hydrogens is 390 g/mol. The largest absolute Gasteiger partial charge is 0.494 e. The van der Waals surface area contributed by atoms with Gasteiger partial charge in [-0.05, 0) is 56.7 Å². The third-order valence-corrected chi connectivity index (χ3v) is 5.61. The number of nitrogens with zero attached hydrogens (tertiary/aromatic N) is 1. The van der Waals surface area contributed by atoms with Gasteiger partial charge in [-0.15, -0.1) is 0 Å². The molecule has 3 rings (SSSR count). The van der Waals surface area contributed by atoms with E-state index in [-0.39, 0.29) is 12.0 Å². The average molecular weight is 414 g/mol. The van der Waals surface area contributed by atoms with Crippen molar-refractivity contribution in [2.24, 2.45) is 0 Å². The Bertz CT molecular complexity index is 893. The van der Waals surface area contributed by atoms with Gasteiger partial charge >= 0.3 is 0 Å². The number of hydrogen-bond donors (Lipinski definition) is 0. The van der Waals surface area contributed by atoms with Gasteiger partial charge < -0.3 is 9.47 Å². The van der Waals surface area contributed by atoms with E-state index < -0.39 is 0 Å². The Hall–Kier alpha value is -2.31. The van der Waals surface area contributed by atoms with Crippen LogP contribution in [0.25, 0.3) is 6.08 Å². The lowest BCUT2D eigenvalue weighted by atomic mass is 10.1. The standard InChI is InChI=1S/C22H23NO3S2/c1-4-15(3)26-19-9-7-6-8-16(19)14-20-21(24)23(22(27)28-20)17-10-12-18(13-11-17)25-5-2/h6-15H,4-5H2,1-3H3/b20-14+/t15-/m0/s1. The number of thioether (sulfide) groups is 1. The van der Waals surface area contributed by atoms with Crippen LogP contribution < -0.4 is 14.4 Å². The number of carbonyl (C=O) groups is 1. The highest BCUT2D eigenvalue weighted by atomic mass is 32.2. The summed E-state index contributed by atoms with van der Waals surface area (Å²) in [6.45, 7) is 6.64. The van der Waals surface area contributed by atoms with Gasteiger partial charge in [-0.2, -0.15) is 0 Å². The van der Waals surface area contributed by atoms with E-state index in [2.05, 4.69) is 6.92 Å². The van der Waals surface area contributed by atoms with E-state index in [1.165, 1.54) is 11.8 Å². The molecule has 146 valence electrons. The SMILES string of the molecule is CCOc1ccc(N2C(=O)/C(=C\c3ccccc3O[C@@H](C)CC)SC2=S)cc1. The van der Waals surface area contributed by atoms with Crippen molar-refractivity contribution in [2.45, 2.75) is 33.3 Å². The molecule has 6 heteroatoms. The van der Waals surface area contributed by atoms with Crippen molar-refractivity contribution in [1.29, 1.82) is 0 Å². The van der Waals surface area contributed by atoms with Crippen LogP contribution in [0.4, 0.5) is 5.69 Å². The Kier molecular flexibility index (Phi) is 6.75. The zero-order valence-electron chi connectivity index (χ0n) is 16.2. The minimum Gasteiger partial charge on any atom is -0.494 e. The van der Waals surface area contributed by atoms with Gasteiger partial charge in [0.1, 0.15) is 11.5 Å². The van der Waals surface area contributed by atoms with Gasteiger partial charge in [0.15, 0.2) is 4.32 Å². The van der Waals surface area contributed by atoms with Crippen molar-refractivity contribution < 1.29 is 14.3 Å². The van der Waals surface area contributed by atoms with Crippen LogP contribution in [-0.4, -0.2) is 22.9 Å². The smallest absolute Gasteiger partial charge is 0.270 e. The maximum atomic E-state index is 13.0. The van der Waals surface area contributed by atoms with Gasteiger partial charge in [0, 0.05) is 5.56 Å². The molecule has 0 spiro atoms. The van der Waals surface area contributed by atoms with Gasteiger partial charge in [0.2, 0.25) is 0 Å². The molecule has 0 aromatic heterocycles. The second-order valence-electron chi connectivity index (χ2n) is 6.32. The molecule has 0 aliphatic carbocycles. The van der Waals surface area contributed by atoms with E-state index in [1.807, 2.05) is 68.5 Å². The molecule has 1 saturated heterocycles. The van der Waals surface area contributed by atoms with Crippen molar-refractivity contribution in [3.63, 3.8) is 0 Å². The zero-order valence-corrected chi connectivity index (χ0v) is 17.8. The number of rotatable bonds is 7. The highest BCUT2D eigenvalue weighted by Crippen LogP contribution is 2.37. The molecule has 1 atom stereocenters. The summed E-state index contributed by atoms with van der Waals surface area (Å²) < 4.78 is 12.0. The van der Waals surface area contributed by atoms with Gasteiger partial charge in [0.05, 0.1) is 23.3 Å². The summed E-state index contributed by atoms with van der Waals surface area (Å²) in [6.07, 6.45) is 2.87. The number of carbonyl (C=O) groups excluding carboxylic acids is 1. The van der Waals surface area contributed by atoms with E-state index in [1.54, 1.807) is 4.90 Å². The van der Waals surface area contributed by atoms with E-state index in [0.717, 1.165) is 29.2 Å². The molecule has 28 heavy (non-hydrogen) atoms. The molecule has 0 unspecified atom stereocenters. The molecule has 4 nitrogen and oxygen atoms in total. The fourth-order valence-corrected chi connectivity index (χ4v) is 3.99. The molecule has 1 aliphatic heterocycles. The third-order valence-electron chi connectivity index (χ3n) is 4.31. The Morgan fingerprint density at radius 1 is 1.14 bits per heavy atom. The van der Waals surface area contributed by atoms with Crippen LogP contribution in [0.3, 0.4) is 0 Å². The lowest BCUT2D eigenvalue weighted by molar-refractivity contribution is -0.113. The maximum Gasteiger partial charge on any atom is 0.270 e. The van der Waals surface area contributed by atoms with Crippen LogP contribution in [-0.2, 0) is 4.79 Å². The van der Waals surface area contributed by atoms with Crippen molar-refractivity contribution in [3.05, 3.63) is 59.0 Å². The van der Waals surface area contributed by atoms with Crippen LogP contribution in [0.1, 0.15) is 32.8 Å². The number of hydrogen-bond acceptors (Lipinski definition) is 5. The van der Waals surface area contributed by atoms with E-state index in [0.29, 0.717) is 15.8 Å². The summed E-state index contributed by atoms with van der Waals surface area (Å²) in [5.74, 6) is 1.41. The molecule has 0 saturated carbocycles. The minimum atomic E-state index is -0.127. The highest BCUT2D eigenvalue weighted by molar-refractivity contribution is 8.27. The first-order valence-electron chi connectivity index (χ1n) is 9.30. The molecular formula is C22H23NO3S2. The summed E-state index contributed by atoms with van der Waals surface area (Å²) in [4.78, 5) is 15.1. The molecule has 1 fully saturated rings. The first kappa shape index (κ1) is 20.4. The molecule has 0 N–H and O–H groups in total. The average Bonchev–Trinajstić information content (AvgIpc) is 2.97. The third kappa shape index (κ3) is 4.56. The van der Waals surface area contributed by atoms with Gasteiger partial charge in [-0.3, -0.25) is 9.69 Å². The van der Waals surface area contributed by atoms with E-state index in [4.69, 9.17) is 21.7 Å². The molecule has 2 aromatic carbocycles. The molecule has 0 radical (unpaired) electrons. The molecule has 1 aliphatic rings. The first-order valence-corrected chi connectivity index (χ1v) is 10.5. The topological polar surface area (TPSA) is 38.8 Å². The lowest BCUT2D eigenvalue weighted by Crippen LogP contribution is -2.27. The van der Waals surface area contributed by atoms with Crippen LogP contribution in [0.5, 0.6) is 11.5 Å². The Labute approximate surface area is 175 Å². The maximum absolute atomic E-state index is 13.0. The predicted octanol–water partition coefficient (Wildman–Crippen LogP) is 5.67. The zero-order chi connectivity index (χ0) is 20.1. The minimum absolute atomic E-state index is 0.105. The summed E-state index contributed by atoms with van der Waals surface area (Å²) in [6, 6.07) is 15.1. The van der Waals surface area contributed by atoms with Crippen molar-refractivity contribution >= 4 is 46.0 Å². The Morgan fingerprint density at radius 2 is 1.86 bits per heavy atom. The molecule has 1 amide bonds. The normalized spacial score (nSPS) is 16.5. The van der Waals surface area contributed by atoms with Crippen LogP contribution in [0.2, 0.25) is 0 Å². The summed E-state index contributed by atoms with van der Waals surface area (Å²) in [5.41, 5.74) is 1.61. The lowest BCUT2D eigenvalue weighted by Gasteiger charge is -2.15. The summed E-state index contributed by atoms with van der Waals surface area (Å²) in [7, 11) is 0. The van der Waals surface area contributed by atoms with Gasteiger partial charge in [-0.25, -0.2) is 0 Å². The first-order chi connectivity index (χ1) is 13.5. The fourth-order valence-electron chi connectivity index (χ4n) is 2.70. The molecule has 1 heterocycles. The second kappa shape index (κ2) is 9.26.